The molecule has 2 N–H and O–H groups in total. The van der Waals surface area contributed by atoms with Crippen molar-refractivity contribution in [2.24, 2.45) is 0 Å². The first-order valence-electron chi connectivity index (χ1n) is 10.9. The number of ether oxygens (including phenoxy) is 2. The van der Waals surface area contributed by atoms with Gasteiger partial charge < -0.3 is 19.8 Å². The molecule has 1 unspecified atom stereocenters. The predicted octanol–water partition coefficient (Wildman–Crippen LogP) is 5.24. The molecule has 0 radical (unpaired) electrons. The summed E-state index contributed by atoms with van der Waals surface area (Å²) < 4.78 is 12.3. The number of thiophene rings is 1. The number of H-pyrrole nitrogens is 1. The molecule has 1 atom stereocenters. The molecule has 0 spiro atoms. The van der Waals surface area contributed by atoms with Crippen LogP contribution in [0.15, 0.2) is 48.1 Å². The zero-order chi connectivity index (χ0) is 22.4. The van der Waals surface area contributed by atoms with Crippen LogP contribution in [0.5, 0.6) is 17.2 Å². The molecule has 0 bridgehead atoms. The second-order valence-corrected chi connectivity index (χ2v) is 9.30. The van der Waals surface area contributed by atoms with Crippen LogP contribution in [0.2, 0.25) is 0 Å². The van der Waals surface area contributed by atoms with Gasteiger partial charge in [0.25, 0.3) is 0 Å². The van der Waals surface area contributed by atoms with E-state index in [9.17, 15) is 4.79 Å². The Morgan fingerprint density at radius 3 is 3.00 bits per heavy atom. The fourth-order valence-electron chi connectivity index (χ4n) is 4.40. The Kier molecular flexibility index (Phi) is 4.87. The number of amides is 1. The lowest BCUT2D eigenvalue weighted by molar-refractivity contribution is -0.116. The molecule has 0 saturated carbocycles. The number of aromatic amines is 1. The van der Waals surface area contributed by atoms with Gasteiger partial charge in [-0.1, -0.05) is 0 Å². The molecule has 0 saturated heterocycles. The SMILES string of the molecule is Cc1ccsc1-c1cnc(C2COc3ccc(Oc4ccnc5c4CCC(=O)N5)cc3C2)[nH]1. The van der Waals surface area contributed by atoms with Crippen LogP contribution in [0, 0.1) is 6.92 Å². The quantitative estimate of drug-likeness (QED) is 0.437. The molecule has 8 heteroatoms. The first-order valence-corrected chi connectivity index (χ1v) is 11.8. The first-order chi connectivity index (χ1) is 16.1. The number of carbonyl (C=O) groups is 1. The Labute approximate surface area is 194 Å². The highest BCUT2D eigenvalue weighted by molar-refractivity contribution is 7.13. The number of anilines is 1. The fourth-order valence-corrected chi connectivity index (χ4v) is 5.29. The highest BCUT2D eigenvalue weighted by Gasteiger charge is 2.25. The molecular formula is C25H22N4O3S. The maximum Gasteiger partial charge on any atom is 0.225 e. The standard InChI is InChI=1S/C25H22N4O3S/c1-14-7-9-33-23(14)19-12-27-24(28-19)16-10-15-11-17(2-4-20(15)31-13-16)32-21-6-8-26-25-18(21)3-5-22(30)29-25/h2,4,6-9,11-12,16H,3,5,10,13H2,1H3,(H,27,28)(H,26,29,30). The van der Waals surface area contributed by atoms with E-state index < -0.39 is 0 Å². The highest BCUT2D eigenvalue weighted by Crippen LogP contribution is 2.38. The molecular weight excluding hydrogens is 436 g/mol. The number of benzene rings is 1. The van der Waals surface area contributed by atoms with Gasteiger partial charge >= 0.3 is 0 Å². The predicted molar refractivity (Wildman–Crippen MR) is 126 cm³/mol. The summed E-state index contributed by atoms with van der Waals surface area (Å²) in [5.74, 6) is 3.98. The van der Waals surface area contributed by atoms with E-state index in [2.05, 4.69) is 38.6 Å². The number of nitrogens with zero attached hydrogens (tertiary/aromatic N) is 2. The van der Waals surface area contributed by atoms with E-state index in [4.69, 9.17) is 9.47 Å². The summed E-state index contributed by atoms with van der Waals surface area (Å²) in [6, 6.07) is 9.86. The molecule has 5 heterocycles. The van der Waals surface area contributed by atoms with Gasteiger partial charge in [0.1, 0.15) is 28.9 Å². The van der Waals surface area contributed by atoms with Crippen LogP contribution in [0.3, 0.4) is 0 Å². The monoisotopic (exact) mass is 458 g/mol. The number of pyridine rings is 1. The van der Waals surface area contributed by atoms with Gasteiger partial charge in [0.2, 0.25) is 5.91 Å². The van der Waals surface area contributed by atoms with E-state index in [1.807, 2.05) is 30.5 Å². The van der Waals surface area contributed by atoms with Crippen LogP contribution in [-0.4, -0.2) is 27.5 Å². The number of nitrogens with one attached hydrogen (secondary N) is 2. The fraction of sp³-hybridized carbons (Fsp3) is 0.240. The van der Waals surface area contributed by atoms with Crippen molar-refractivity contribution in [3.05, 3.63) is 70.6 Å². The largest absolute Gasteiger partial charge is 0.493 e. The molecule has 2 aliphatic heterocycles. The average molecular weight is 459 g/mol. The Balaban J connectivity index is 1.23. The number of hydrogen-bond acceptors (Lipinski definition) is 6. The van der Waals surface area contributed by atoms with E-state index in [1.165, 1.54) is 10.4 Å². The van der Waals surface area contributed by atoms with Crippen molar-refractivity contribution in [2.75, 3.05) is 11.9 Å². The van der Waals surface area contributed by atoms with Crippen LogP contribution in [0.4, 0.5) is 5.82 Å². The smallest absolute Gasteiger partial charge is 0.225 e. The topological polar surface area (TPSA) is 89.1 Å². The number of hydrogen-bond donors (Lipinski definition) is 2. The van der Waals surface area contributed by atoms with Crippen LogP contribution in [-0.2, 0) is 17.6 Å². The normalized spacial score (nSPS) is 17.0. The van der Waals surface area contributed by atoms with Crippen LogP contribution in [0.1, 0.15) is 34.9 Å². The Morgan fingerprint density at radius 1 is 1.18 bits per heavy atom. The van der Waals surface area contributed by atoms with Gasteiger partial charge in [0, 0.05) is 18.2 Å². The summed E-state index contributed by atoms with van der Waals surface area (Å²) in [6.45, 7) is 2.70. The highest BCUT2D eigenvalue weighted by atomic mass is 32.1. The summed E-state index contributed by atoms with van der Waals surface area (Å²) in [5.41, 5.74) is 4.32. The minimum absolute atomic E-state index is 0.0144. The lowest BCUT2D eigenvalue weighted by Gasteiger charge is -2.25. The van der Waals surface area contributed by atoms with E-state index in [0.29, 0.717) is 25.3 Å². The summed E-state index contributed by atoms with van der Waals surface area (Å²) in [6.07, 6.45) is 5.43. The van der Waals surface area contributed by atoms with Crippen LogP contribution < -0.4 is 14.8 Å². The van der Waals surface area contributed by atoms with Crippen molar-refractivity contribution in [3.63, 3.8) is 0 Å². The van der Waals surface area contributed by atoms with Gasteiger partial charge in [-0.15, -0.1) is 11.3 Å². The van der Waals surface area contributed by atoms with E-state index in [1.54, 1.807) is 17.5 Å². The number of rotatable bonds is 4. The maximum absolute atomic E-state index is 11.7. The molecule has 0 aliphatic carbocycles. The van der Waals surface area contributed by atoms with Gasteiger partial charge in [-0.05, 0) is 66.6 Å². The number of carbonyl (C=O) groups excluding carboxylic acids is 1. The molecule has 7 nitrogen and oxygen atoms in total. The van der Waals surface area contributed by atoms with Gasteiger partial charge in [0.05, 0.1) is 29.3 Å². The van der Waals surface area contributed by atoms with Crippen molar-refractivity contribution >= 4 is 23.1 Å². The van der Waals surface area contributed by atoms with Crippen molar-refractivity contribution in [2.45, 2.75) is 32.1 Å². The molecule has 6 rings (SSSR count). The Morgan fingerprint density at radius 2 is 2.12 bits per heavy atom. The van der Waals surface area contributed by atoms with E-state index in [-0.39, 0.29) is 11.8 Å². The summed E-state index contributed by atoms with van der Waals surface area (Å²) in [7, 11) is 0. The average Bonchev–Trinajstić information content (AvgIpc) is 3.47. The Bertz CT molecular complexity index is 1360. The summed E-state index contributed by atoms with van der Waals surface area (Å²) in [4.78, 5) is 25.3. The zero-order valence-corrected chi connectivity index (χ0v) is 18.9. The number of aryl methyl sites for hydroxylation is 1. The minimum atomic E-state index is -0.0144. The zero-order valence-electron chi connectivity index (χ0n) is 18.1. The van der Waals surface area contributed by atoms with Crippen molar-refractivity contribution in [3.8, 4) is 27.8 Å². The third kappa shape index (κ3) is 3.76. The Hall–Kier alpha value is -3.65. The molecule has 0 fully saturated rings. The maximum atomic E-state index is 11.7. The molecule has 1 aromatic carbocycles. The second kappa shape index (κ2) is 8.04. The lowest BCUT2D eigenvalue weighted by Crippen LogP contribution is -2.20. The number of fused-ring (bicyclic) bond motifs is 2. The van der Waals surface area contributed by atoms with Gasteiger partial charge in [-0.2, -0.15) is 0 Å². The van der Waals surface area contributed by atoms with Crippen molar-refractivity contribution < 1.29 is 14.3 Å². The van der Waals surface area contributed by atoms with Gasteiger partial charge in [0.15, 0.2) is 0 Å². The van der Waals surface area contributed by atoms with Crippen molar-refractivity contribution in [1.29, 1.82) is 0 Å². The van der Waals surface area contributed by atoms with Crippen LogP contribution in [0.25, 0.3) is 10.6 Å². The lowest BCUT2D eigenvalue weighted by atomic mass is 9.96. The second-order valence-electron chi connectivity index (χ2n) is 8.38. The summed E-state index contributed by atoms with van der Waals surface area (Å²) >= 11 is 1.72. The number of imidazole rings is 1. The molecule has 1 amide bonds. The minimum Gasteiger partial charge on any atom is -0.493 e. The molecule has 2 aliphatic rings. The van der Waals surface area contributed by atoms with Gasteiger partial charge in [-0.25, -0.2) is 9.97 Å². The van der Waals surface area contributed by atoms with E-state index >= 15 is 0 Å². The molecule has 4 aromatic rings. The third-order valence-corrected chi connectivity index (χ3v) is 7.18. The molecule has 166 valence electrons. The number of aromatic nitrogens is 3. The van der Waals surface area contributed by atoms with Crippen molar-refractivity contribution in [1.82, 2.24) is 15.0 Å². The van der Waals surface area contributed by atoms with Gasteiger partial charge in [-0.3, -0.25) is 4.79 Å². The molecule has 33 heavy (non-hydrogen) atoms. The molecule has 3 aromatic heterocycles. The van der Waals surface area contributed by atoms with Crippen LogP contribution >= 0.6 is 11.3 Å². The third-order valence-electron chi connectivity index (χ3n) is 6.13. The first kappa shape index (κ1) is 20.0. The van der Waals surface area contributed by atoms with E-state index in [0.717, 1.165) is 46.3 Å². The summed E-state index contributed by atoms with van der Waals surface area (Å²) in [5, 5.41) is 4.91.